The first-order valence-electron chi connectivity index (χ1n) is 6.81. The summed E-state index contributed by atoms with van der Waals surface area (Å²) in [4.78, 5) is 0. The molecule has 0 saturated carbocycles. The minimum Gasteiger partial charge on any atom is -0.382 e. The molecule has 1 aromatic heterocycles. The fourth-order valence-electron chi connectivity index (χ4n) is 2.42. The Morgan fingerprint density at radius 2 is 2.16 bits per heavy atom. The zero-order chi connectivity index (χ0) is 13.1. The fourth-order valence-corrected chi connectivity index (χ4v) is 2.42. The summed E-state index contributed by atoms with van der Waals surface area (Å²) in [5, 5.41) is 7.63. The van der Waals surface area contributed by atoms with Crippen molar-refractivity contribution >= 4 is 5.69 Å². The van der Waals surface area contributed by atoms with E-state index in [4.69, 9.17) is 4.74 Å². The lowest BCUT2D eigenvalue weighted by molar-refractivity contribution is 0.0637. The topological polar surface area (TPSA) is 39.1 Å². The zero-order valence-electron chi connectivity index (χ0n) is 11.1. The molecule has 2 unspecified atom stereocenters. The number of hydrogen-bond acceptors (Lipinski definition) is 3. The summed E-state index contributed by atoms with van der Waals surface area (Å²) in [6.07, 6.45) is 6.81. The zero-order valence-corrected chi connectivity index (χ0v) is 11.1. The molecule has 100 valence electrons. The van der Waals surface area contributed by atoms with Crippen LogP contribution in [0.15, 0.2) is 42.7 Å². The molecule has 1 aromatic carbocycles. The van der Waals surface area contributed by atoms with Gasteiger partial charge in [-0.05, 0) is 50.1 Å². The van der Waals surface area contributed by atoms with E-state index >= 15 is 0 Å². The summed E-state index contributed by atoms with van der Waals surface area (Å²) in [6, 6.07) is 10.2. The van der Waals surface area contributed by atoms with Crippen LogP contribution in [-0.4, -0.2) is 28.5 Å². The molecule has 0 spiro atoms. The van der Waals surface area contributed by atoms with E-state index in [9.17, 15) is 0 Å². The molecule has 0 bridgehead atoms. The van der Waals surface area contributed by atoms with E-state index in [1.54, 1.807) is 6.20 Å². The van der Waals surface area contributed by atoms with Crippen LogP contribution in [0, 0.1) is 0 Å². The number of anilines is 1. The van der Waals surface area contributed by atoms with Gasteiger partial charge in [0.15, 0.2) is 0 Å². The van der Waals surface area contributed by atoms with Gasteiger partial charge in [-0.15, -0.1) is 0 Å². The van der Waals surface area contributed by atoms with Crippen molar-refractivity contribution in [2.75, 3.05) is 11.9 Å². The third kappa shape index (κ3) is 2.96. The number of nitrogens with zero attached hydrogens (tertiary/aromatic N) is 2. The van der Waals surface area contributed by atoms with E-state index in [-0.39, 0.29) is 0 Å². The molecule has 2 atom stereocenters. The van der Waals surface area contributed by atoms with Crippen LogP contribution in [0.4, 0.5) is 5.69 Å². The van der Waals surface area contributed by atoms with Gasteiger partial charge in [0.05, 0.1) is 17.9 Å². The highest BCUT2D eigenvalue weighted by atomic mass is 16.5. The van der Waals surface area contributed by atoms with Crippen molar-refractivity contribution in [3.63, 3.8) is 0 Å². The summed E-state index contributed by atoms with van der Waals surface area (Å²) >= 11 is 0. The maximum absolute atomic E-state index is 5.79. The van der Waals surface area contributed by atoms with E-state index < -0.39 is 0 Å². The normalized spacial score (nSPS) is 22.6. The number of aromatic nitrogens is 2. The number of benzene rings is 1. The van der Waals surface area contributed by atoms with Gasteiger partial charge < -0.3 is 10.1 Å². The predicted molar refractivity (Wildman–Crippen MR) is 75.6 cm³/mol. The van der Waals surface area contributed by atoms with E-state index in [1.165, 1.54) is 6.42 Å². The molecule has 1 N–H and O–H groups in total. The first-order chi connectivity index (χ1) is 9.31. The van der Waals surface area contributed by atoms with Crippen LogP contribution < -0.4 is 5.32 Å². The standard InChI is InChI=1S/C15H19N3O/c1-12-3-8-15(19-12)11-16-13-4-6-14(7-5-13)18-10-2-9-17-18/h2,4-7,9-10,12,15-16H,3,8,11H2,1H3. The van der Waals surface area contributed by atoms with Gasteiger partial charge in [0.2, 0.25) is 0 Å². The Labute approximate surface area is 113 Å². The molecule has 1 fully saturated rings. The minimum absolute atomic E-state index is 0.348. The van der Waals surface area contributed by atoms with Crippen molar-refractivity contribution in [2.24, 2.45) is 0 Å². The molecule has 0 amide bonds. The highest BCUT2D eigenvalue weighted by Crippen LogP contribution is 2.20. The third-order valence-electron chi connectivity index (χ3n) is 3.49. The molecule has 1 aliphatic heterocycles. The van der Waals surface area contributed by atoms with Gasteiger partial charge in [-0.3, -0.25) is 0 Å². The van der Waals surface area contributed by atoms with Crippen molar-refractivity contribution in [1.29, 1.82) is 0 Å². The van der Waals surface area contributed by atoms with Gasteiger partial charge in [0.25, 0.3) is 0 Å². The molecule has 3 rings (SSSR count). The predicted octanol–water partition coefficient (Wildman–Crippen LogP) is 2.85. The molecule has 0 aliphatic carbocycles. The van der Waals surface area contributed by atoms with E-state index in [2.05, 4.69) is 41.6 Å². The largest absolute Gasteiger partial charge is 0.382 e. The molecule has 2 heterocycles. The number of nitrogens with one attached hydrogen (secondary N) is 1. The second-order valence-corrected chi connectivity index (χ2v) is 5.02. The Kier molecular flexibility index (Phi) is 3.51. The van der Waals surface area contributed by atoms with Crippen LogP contribution in [0.5, 0.6) is 0 Å². The van der Waals surface area contributed by atoms with Gasteiger partial charge in [0, 0.05) is 24.6 Å². The highest BCUT2D eigenvalue weighted by molar-refractivity contribution is 5.48. The van der Waals surface area contributed by atoms with Crippen molar-refractivity contribution in [3.05, 3.63) is 42.7 Å². The molecule has 2 aromatic rings. The average Bonchev–Trinajstić information content (AvgIpc) is 3.08. The van der Waals surface area contributed by atoms with Crippen LogP contribution in [0.2, 0.25) is 0 Å². The van der Waals surface area contributed by atoms with Gasteiger partial charge >= 0.3 is 0 Å². The van der Waals surface area contributed by atoms with Crippen LogP contribution in [0.3, 0.4) is 0 Å². The SMILES string of the molecule is CC1CCC(CNc2ccc(-n3cccn3)cc2)O1. The molecule has 4 nitrogen and oxygen atoms in total. The lowest BCUT2D eigenvalue weighted by atomic mass is 10.2. The van der Waals surface area contributed by atoms with Crippen LogP contribution in [0.25, 0.3) is 5.69 Å². The number of hydrogen-bond donors (Lipinski definition) is 1. The first kappa shape index (κ1) is 12.2. The monoisotopic (exact) mass is 257 g/mol. The molecule has 4 heteroatoms. The van der Waals surface area contributed by atoms with Gasteiger partial charge in [-0.1, -0.05) is 0 Å². The molecular formula is C15H19N3O. The smallest absolute Gasteiger partial charge is 0.0751 e. The van der Waals surface area contributed by atoms with Crippen LogP contribution in [0.1, 0.15) is 19.8 Å². The second-order valence-electron chi connectivity index (χ2n) is 5.02. The van der Waals surface area contributed by atoms with E-state index in [0.29, 0.717) is 12.2 Å². The van der Waals surface area contributed by atoms with Crippen LogP contribution in [-0.2, 0) is 4.74 Å². The summed E-state index contributed by atoms with van der Waals surface area (Å²) in [7, 11) is 0. The lowest BCUT2D eigenvalue weighted by Gasteiger charge is -2.13. The Morgan fingerprint density at radius 3 is 2.79 bits per heavy atom. The van der Waals surface area contributed by atoms with Crippen molar-refractivity contribution in [2.45, 2.75) is 32.0 Å². The highest BCUT2D eigenvalue weighted by Gasteiger charge is 2.21. The lowest BCUT2D eigenvalue weighted by Crippen LogP contribution is -2.19. The Morgan fingerprint density at radius 1 is 1.32 bits per heavy atom. The summed E-state index contributed by atoms with van der Waals surface area (Å²) < 4.78 is 7.64. The Balaban J connectivity index is 1.57. The summed E-state index contributed by atoms with van der Waals surface area (Å²) in [5.41, 5.74) is 2.19. The van der Waals surface area contributed by atoms with Gasteiger partial charge in [0.1, 0.15) is 0 Å². The average molecular weight is 257 g/mol. The van der Waals surface area contributed by atoms with E-state index in [1.807, 2.05) is 16.9 Å². The summed E-state index contributed by atoms with van der Waals surface area (Å²) in [6.45, 7) is 3.02. The molecule has 1 aliphatic rings. The van der Waals surface area contributed by atoms with Crippen LogP contribution >= 0.6 is 0 Å². The van der Waals surface area contributed by atoms with Gasteiger partial charge in [-0.2, -0.15) is 5.10 Å². The summed E-state index contributed by atoms with van der Waals surface area (Å²) in [5.74, 6) is 0. The fraction of sp³-hybridized carbons (Fsp3) is 0.400. The Hall–Kier alpha value is -1.81. The van der Waals surface area contributed by atoms with E-state index in [0.717, 1.165) is 24.3 Å². The second kappa shape index (κ2) is 5.45. The maximum atomic E-state index is 5.79. The molecular weight excluding hydrogens is 238 g/mol. The molecule has 1 saturated heterocycles. The quantitative estimate of drug-likeness (QED) is 0.915. The number of rotatable bonds is 4. The van der Waals surface area contributed by atoms with Gasteiger partial charge in [-0.25, -0.2) is 4.68 Å². The maximum Gasteiger partial charge on any atom is 0.0751 e. The van der Waals surface area contributed by atoms with Crippen molar-refractivity contribution < 1.29 is 4.74 Å². The number of ether oxygens (including phenoxy) is 1. The van der Waals surface area contributed by atoms with Crippen molar-refractivity contribution in [1.82, 2.24) is 9.78 Å². The molecule has 19 heavy (non-hydrogen) atoms. The third-order valence-corrected chi connectivity index (χ3v) is 3.49. The minimum atomic E-state index is 0.348. The molecule has 0 radical (unpaired) electrons. The first-order valence-corrected chi connectivity index (χ1v) is 6.81. The van der Waals surface area contributed by atoms with Crippen molar-refractivity contribution in [3.8, 4) is 5.69 Å². The Bertz CT molecular complexity index is 507.